The molecule has 0 fully saturated rings. The topological polar surface area (TPSA) is 12.5 Å². The van der Waals surface area contributed by atoms with Crippen molar-refractivity contribution in [2.45, 2.75) is 19.9 Å². The van der Waals surface area contributed by atoms with Crippen molar-refractivity contribution in [2.75, 3.05) is 19.7 Å². The number of rotatable bonds is 4. The van der Waals surface area contributed by atoms with E-state index in [9.17, 15) is 0 Å². The first kappa shape index (κ1) is 13.2. The Kier molecular flexibility index (Phi) is 4.03. The van der Waals surface area contributed by atoms with Crippen LogP contribution in [0.1, 0.15) is 16.7 Å². The number of fused-ring (bicyclic) bond motifs is 1. The zero-order chi connectivity index (χ0) is 13.8. The third kappa shape index (κ3) is 3.20. The van der Waals surface area contributed by atoms with Crippen molar-refractivity contribution in [3.05, 3.63) is 65.2 Å². The van der Waals surface area contributed by atoms with E-state index < -0.39 is 0 Å². The Bertz CT molecular complexity index is 565. The Hall–Kier alpha value is -1.80. The molecule has 0 N–H and O–H groups in total. The summed E-state index contributed by atoms with van der Waals surface area (Å²) >= 11 is 0. The van der Waals surface area contributed by atoms with Gasteiger partial charge >= 0.3 is 0 Å². The van der Waals surface area contributed by atoms with Crippen molar-refractivity contribution >= 4 is 0 Å². The van der Waals surface area contributed by atoms with Crippen LogP contribution in [0.5, 0.6) is 5.75 Å². The molecule has 0 spiro atoms. The molecule has 1 heterocycles. The Morgan fingerprint density at radius 1 is 1.05 bits per heavy atom. The molecule has 0 bridgehead atoms. The summed E-state index contributed by atoms with van der Waals surface area (Å²) in [4.78, 5) is 2.48. The summed E-state index contributed by atoms with van der Waals surface area (Å²) in [6.45, 7) is 6.09. The van der Waals surface area contributed by atoms with Gasteiger partial charge in [-0.3, -0.25) is 4.90 Å². The zero-order valence-electron chi connectivity index (χ0n) is 12.0. The van der Waals surface area contributed by atoms with E-state index in [-0.39, 0.29) is 0 Å². The molecule has 0 amide bonds. The van der Waals surface area contributed by atoms with Gasteiger partial charge in [0.1, 0.15) is 12.4 Å². The van der Waals surface area contributed by atoms with Crippen molar-refractivity contribution in [3.8, 4) is 5.75 Å². The fourth-order valence-corrected chi connectivity index (χ4v) is 2.74. The normalized spacial score (nSPS) is 14.8. The maximum atomic E-state index is 5.78. The smallest absolute Gasteiger partial charge is 0.119 e. The number of benzene rings is 2. The highest BCUT2D eigenvalue weighted by Crippen LogP contribution is 2.20. The molecule has 0 radical (unpaired) electrons. The fourth-order valence-electron chi connectivity index (χ4n) is 2.74. The van der Waals surface area contributed by atoms with E-state index in [1.165, 1.54) is 16.7 Å². The number of aryl methyl sites for hydroxylation is 1. The van der Waals surface area contributed by atoms with Gasteiger partial charge in [0.2, 0.25) is 0 Å². The molecule has 2 heteroatoms. The van der Waals surface area contributed by atoms with Crippen molar-refractivity contribution in [1.82, 2.24) is 4.90 Å². The first-order chi connectivity index (χ1) is 9.81. The molecule has 1 aliphatic heterocycles. The minimum Gasteiger partial charge on any atom is -0.492 e. The first-order valence-corrected chi connectivity index (χ1v) is 7.30. The van der Waals surface area contributed by atoms with Crippen molar-refractivity contribution in [1.29, 1.82) is 0 Å². The molecule has 2 nitrogen and oxygen atoms in total. The maximum Gasteiger partial charge on any atom is 0.119 e. The lowest BCUT2D eigenvalue weighted by Gasteiger charge is -2.28. The quantitative estimate of drug-likeness (QED) is 0.841. The van der Waals surface area contributed by atoms with Crippen molar-refractivity contribution < 1.29 is 4.74 Å². The summed E-state index contributed by atoms with van der Waals surface area (Å²) in [6, 6.07) is 16.9. The molecule has 0 saturated carbocycles. The fraction of sp³-hybridized carbons (Fsp3) is 0.333. The lowest BCUT2D eigenvalue weighted by atomic mass is 9.98. The molecule has 0 atom stereocenters. The molecule has 0 aliphatic carbocycles. The SMILES string of the molecule is Cc1ccc2c(c1)CN(CCOc1ccccc1)CC2. The lowest BCUT2D eigenvalue weighted by Crippen LogP contribution is -2.33. The average molecular weight is 267 g/mol. The van der Waals surface area contributed by atoms with Crippen LogP contribution in [0.15, 0.2) is 48.5 Å². The Balaban J connectivity index is 1.53. The van der Waals surface area contributed by atoms with Crippen LogP contribution in [0, 0.1) is 6.92 Å². The molecular formula is C18H21NO. The van der Waals surface area contributed by atoms with Gasteiger partial charge < -0.3 is 4.74 Å². The molecule has 0 aromatic heterocycles. The summed E-state index contributed by atoms with van der Waals surface area (Å²) in [5.74, 6) is 0.959. The molecular weight excluding hydrogens is 246 g/mol. The van der Waals surface area contributed by atoms with E-state index in [0.29, 0.717) is 0 Å². The predicted molar refractivity (Wildman–Crippen MR) is 82.1 cm³/mol. The van der Waals surface area contributed by atoms with Crippen molar-refractivity contribution in [2.24, 2.45) is 0 Å². The summed E-state index contributed by atoms with van der Waals surface area (Å²) in [5, 5.41) is 0. The van der Waals surface area contributed by atoms with E-state index in [1.807, 2.05) is 30.3 Å². The third-order valence-electron chi connectivity index (χ3n) is 3.87. The lowest BCUT2D eigenvalue weighted by molar-refractivity contribution is 0.196. The van der Waals surface area contributed by atoms with E-state index in [0.717, 1.165) is 38.4 Å². The first-order valence-electron chi connectivity index (χ1n) is 7.30. The number of hydrogen-bond acceptors (Lipinski definition) is 2. The zero-order valence-corrected chi connectivity index (χ0v) is 12.0. The number of nitrogens with zero attached hydrogens (tertiary/aromatic N) is 1. The highest BCUT2D eigenvalue weighted by Gasteiger charge is 2.15. The van der Waals surface area contributed by atoms with Crippen LogP contribution in [0.25, 0.3) is 0 Å². The summed E-state index contributed by atoms with van der Waals surface area (Å²) in [7, 11) is 0. The minimum absolute atomic E-state index is 0.755. The minimum atomic E-state index is 0.755. The molecule has 3 rings (SSSR count). The predicted octanol–water partition coefficient (Wildman–Crippen LogP) is 3.43. The largest absolute Gasteiger partial charge is 0.492 e. The van der Waals surface area contributed by atoms with Gasteiger partial charge in [0.05, 0.1) is 0 Å². The van der Waals surface area contributed by atoms with Gasteiger partial charge in [-0.15, -0.1) is 0 Å². The van der Waals surface area contributed by atoms with Gasteiger partial charge in [-0.2, -0.15) is 0 Å². The van der Waals surface area contributed by atoms with Crippen LogP contribution >= 0.6 is 0 Å². The van der Waals surface area contributed by atoms with Crippen molar-refractivity contribution in [3.63, 3.8) is 0 Å². The summed E-state index contributed by atoms with van der Waals surface area (Å²) < 4.78 is 5.78. The molecule has 0 saturated heterocycles. The Morgan fingerprint density at radius 3 is 2.75 bits per heavy atom. The second kappa shape index (κ2) is 6.10. The molecule has 2 aromatic carbocycles. The van der Waals surface area contributed by atoms with Gasteiger partial charge in [-0.1, -0.05) is 42.0 Å². The number of hydrogen-bond donors (Lipinski definition) is 0. The van der Waals surface area contributed by atoms with Crippen LogP contribution in [-0.4, -0.2) is 24.6 Å². The van der Waals surface area contributed by atoms with Gasteiger partial charge in [-0.05, 0) is 36.6 Å². The Labute approximate surface area is 121 Å². The average Bonchev–Trinajstić information content (AvgIpc) is 2.48. The highest BCUT2D eigenvalue weighted by molar-refractivity contribution is 5.33. The monoisotopic (exact) mass is 267 g/mol. The highest BCUT2D eigenvalue weighted by atomic mass is 16.5. The number of para-hydroxylation sites is 1. The van der Waals surface area contributed by atoms with Crippen LogP contribution in [0.4, 0.5) is 0 Å². The van der Waals surface area contributed by atoms with Gasteiger partial charge in [0, 0.05) is 19.6 Å². The summed E-state index contributed by atoms with van der Waals surface area (Å²) in [6.07, 6.45) is 1.15. The van der Waals surface area contributed by atoms with E-state index >= 15 is 0 Å². The van der Waals surface area contributed by atoms with E-state index in [4.69, 9.17) is 4.74 Å². The second-order valence-electron chi connectivity index (χ2n) is 5.46. The van der Waals surface area contributed by atoms with E-state index in [2.05, 4.69) is 30.0 Å². The van der Waals surface area contributed by atoms with Gasteiger partial charge in [0.15, 0.2) is 0 Å². The third-order valence-corrected chi connectivity index (χ3v) is 3.87. The van der Waals surface area contributed by atoms with Crippen LogP contribution in [-0.2, 0) is 13.0 Å². The second-order valence-corrected chi connectivity index (χ2v) is 5.46. The van der Waals surface area contributed by atoms with Crippen LogP contribution < -0.4 is 4.74 Å². The van der Waals surface area contributed by atoms with Crippen LogP contribution in [0.3, 0.4) is 0 Å². The number of ether oxygens (including phenoxy) is 1. The molecule has 0 unspecified atom stereocenters. The molecule has 2 aromatic rings. The molecule has 1 aliphatic rings. The molecule has 104 valence electrons. The van der Waals surface area contributed by atoms with Crippen LogP contribution in [0.2, 0.25) is 0 Å². The summed E-state index contributed by atoms with van der Waals surface area (Å²) in [5.41, 5.74) is 4.35. The maximum absolute atomic E-state index is 5.78. The Morgan fingerprint density at radius 2 is 1.90 bits per heavy atom. The standard InChI is InChI=1S/C18H21NO/c1-15-7-8-16-9-10-19(14-17(16)13-15)11-12-20-18-5-3-2-4-6-18/h2-8,13H,9-12,14H2,1H3. The van der Waals surface area contributed by atoms with Gasteiger partial charge in [-0.25, -0.2) is 0 Å². The molecule has 20 heavy (non-hydrogen) atoms. The van der Waals surface area contributed by atoms with E-state index in [1.54, 1.807) is 0 Å². The van der Waals surface area contributed by atoms with Gasteiger partial charge in [0.25, 0.3) is 0 Å².